The molecule has 1 fully saturated rings. The van der Waals surface area contributed by atoms with Crippen molar-refractivity contribution in [2.24, 2.45) is 0 Å². The summed E-state index contributed by atoms with van der Waals surface area (Å²) in [6.45, 7) is 3.76. The predicted molar refractivity (Wildman–Crippen MR) is 111 cm³/mol. The van der Waals surface area contributed by atoms with Crippen molar-refractivity contribution in [3.8, 4) is 16.3 Å². The molecule has 3 rings (SSSR count). The van der Waals surface area contributed by atoms with Gasteiger partial charge in [-0.05, 0) is 23.6 Å². The van der Waals surface area contributed by atoms with Crippen LogP contribution in [0.25, 0.3) is 10.6 Å². The highest BCUT2D eigenvalue weighted by Gasteiger charge is 2.47. The average molecular weight is 452 g/mol. The van der Waals surface area contributed by atoms with Crippen LogP contribution < -0.4 is 4.74 Å². The molecule has 0 N–H and O–H groups in total. The van der Waals surface area contributed by atoms with E-state index < -0.39 is 41.7 Å². The van der Waals surface area contributed by atoms with Crippen molar-refractivity contribution in [3.05, 3.63) is 35.8 Å². The molecule has 0 amide bonds. The first-order chi connectivity index (χ1) is 14.3. The maximum absolute atomic E-state index is 11.8. The number of carbonyl (C=O) groups is 3. The number of ether oxygens (including phenoxy) is 4. The van der Waals surface area contributed by atoms with Crippen LogP contribution in [0.3, 0.4) is 0 Å². The number of esters is 3. The number of thioether (sulfide) groups is 1. The maximum Gasteiger partial charge on any atom is 0.303 e. The molecule has 0 radical (unpaired) electrons. The van der Waals surface area contributed by atoms with Gasteiger partial charge >= 0.3 is 17.9 Å². The lowest BCUT2D eigenvalue weighted by Gasteiger charge is -2.40. The Morgan fingerprint density at radius 2 is 1.67 bits per heavy atom. The van der Waals surface area contributed by atoms with Crippen molar-refractivity contribution < 1.29 is 33.3 Å². The summed E-state index contributed by atoms with van der Waals surface area (Å²) < 4.78 is 22.3. The van der Waals surface area contributed by atoms with Gasteiger partial charge in [0.05, 0.1) is 4.88 Å². The molecule has 30 heavy (non-hydrogen) atoms. The number of pyridine rings is 1. The molecular weight excluding hydrogens is 430 g/mol. The van der Waals surface area contributed by atoms with Crippen LogP contribution in [0.2, 0.25) is 0 Å². The second kappa shape index (κ2) is 9.94. The number of rotatable bonds is 6. The van der Waals surface area contributed by atoms with Crippen LogP contribution in [0, 0.1) is 0 Å². The number of hydrogen-bond donors (Lipinski definition) is 0. The molecule has 0 aromatic carbocycles. The number of aromatic nitrogens is 1. The lowest BCUT2D eigenvalue weighted by atomic mass is 10.1. The Morgan fingerprint density at radius 1 is 0.967 bits per heavy atom. The van der Waals surface area contributed by atoms with Crippen LogP contribution >= 0.6 is 23.1 Å². The monoisotopic (exact) mass is 451 g/mol. The molecule has 1 aliphatic heterocycles. The van der Waals surface area contributed by atoms with E-state index in [1.807, 2.05) is 17.5 Å². The maximum atomic E-state index is 11.8. The lowest BCUT2D eigenvalue weighted by molar-refractivity contribution is -0.186. The third kappa shape index (κ3) is 5.51. The normalized spacial score (nSPS) is 23.3. The van der Waals surface area contributed by atoms with Crippen molar-refractivity contribution >= 4 is 41.0 Å². The fourth-order valence-electron chi connectivity index (χ4n) is 3.02. The van der Waals surface area contributed by atoms with Crippen LogP contribution in [0.5, 0.6) is 5.75 Å². The van der Waals surface area contributed by atoms with Gasteiger partial charge in [-0.25, -0.2) is 0 Å². The summed E-state index contributed by atoms with van der Waals surface area (Å²) in [6, 6.07) is 7.35. The van der Waals surface area contributed by atoms with Crippen LogP contribution in [0.4, 0.5) is 0 Å². The van der Waals surface area contributed by atoms with E-state index in [9.17, 15) is 14.4 Å². The van der Waals surface area contributed by atoms with Crippen LogP contribution in [0.1, 0.15) is 20.8 Å². The largest absolute Gasteiger partial charge is 0.473 e. The molecule has 1 aliphatic rings. The summed E-state index contributed by atoms with van der Waals surface area (Å²) in [7, 11) is 0. The van der Waals surface area contributed by atoms with E-state index in [1.54, 1.807) is 18.3 Å². The number of hydrogen-bond acceptors (Lipinski definition) is 10. The van der Waals surface area contributed by atoms with Crippen molar-refractivity contribution in [2.45, 2.75) is 44.5 Å². The van der Waals surface area contributed by atoms with Crippen molar-refractivity contribution in [1.82, 2.24) is 4.98 Å². The molecule has 0 bridgehead atoms. The standard InChI is InChI=1S/C20H21NO7S2/c1-11(22)25-15-10-30-20(19(27-13(3)24)18(15)26-12(2)23)28-14-6-4-8-21-17(14)16-7-5-9-29-16/h4-9,15,18-20H,10H2,1-3H3/t15-,18+,19-,20-/m1/s1. The van der Waals surface area contributed by atoms with Crippen LogP contribution in [0.15, 0.2) is 35.8 Å². The van der Waals surface area contributed by atoms with Gasteiger partial charge in [0.15, 0.2) is 23.7 Å². The molecule has 0 saturated carbocycles. The molecule has 2 aromatic heterocycles. The molecule has 4 atom stereocenters. The Labute approximate surface area is 181 Å². The zero-order valence-electron chi connectivity index (χ0n) is 16.6. The fourth-order valence-corrected chi connectivity index (χ4v) is 4.95. The Bertz CT molecular complexity index is 902. The van der Waals surface area contributed by atoms with E-state index in [4.69, 9.17) is 18.9 Å². The first-order valence-corrected chi connectivity index (χ1v) is 11.1. The summed E-state index contributed by atoms with van der Waals surface area (Å²) in [6.07, 6.45) is -1.08. The summed E-state index contributed by atoms with van der Waals surface area (Å²) in [5.41, 5.74) is -0.0474. The molecule has 0 spiro atoms. The highest BCUT2D eigenvalue weighted by molar-refractivity contribution is 7.99. The minimum atomic E-state index is -0.997. The minimum absolute atomic E-state index is 0.300. The Kier molecular flexibility index (Phi) is 7.33. The smallest absolute Gasteiger partial charge is 0.303 e. The van der Waals surface area contributed by atoms with Gasteiger partial charge in [-0.2, -0.15) is 0 Å². The van der Waals surface area contributed by atoms with E-state index in [1.165, 1.54) is 43.9 Å². The van der Waals surface area contributed by atoms with Gasteiger partial charge < -0.3 is 18.9 Å². The van der Waals surface area contributed by atoms with Crippen LogP contribution in [-0.2, 0) is 28.6 Å². The molecule has 10 heteroatoms. The van der Waals surface area contributed by atoms with Gasteiger partial charge in [0.25, 0.3) is 0 Å². The number of thiophene rings is 1. The van der Waals surface area contributed by atoms with Crippen molar-refractivity contribution in [2.75, 3.05) is 5.75 Å². The SMILES string of the molecule is CC(=O)O[C@@H]1[C@@H](OC(C)=O)[C@H](OC(C)=O)CS[C@H]1Oc1cccnc1-c1cccs1. The molecule has 1 saturated heterocycles. The number of carbonyl (C=O) groups excluding carboxylic acids is 3. The average Bonchev–Trinajstić information content (AvgIpc) is 3.20. The Balaban J connectivity index is 1.91. The van der Waals surface area contributed by atoms with E-state index in [2.05, 4.69) is 4.98 Å². The van der Waals surface area contributed by atoms with E-state index >= 15 is 0 Å². The summed E-state index contributed by atoms with van der Waals surface area (Å²) in [5.74, 6) is -0.873. The van der Waals surface area contributed by atoms with Crippen molar-refractivity contribution in [1.29, 1.82) is 0 Å². The van der Waals surface area contributed by atoms with Gasteiger partial charge in [-0.1, -0.05) is 6.07 Å². The third-order valence-electron chi connectivity index (χ3n) is 4.07. The highest BCUT2D eigenvalue weighted by Crippen LogP contribution is 2.37. The molecule has 2 aromatic rings. The first kappa shape index (κ1) is 22.1. The van der Waals surface area contributed by atoms with Gasteiger partial charge in [-0.15, -0.1) is 23.1 Å². The third-order valence-corrected chi connectivity index (χ3v) is 6.16. The number of nitrogens with zero attached hydrogens (tertiary/aromatic N) is 1. The van der Waals surface area contributed by atoms with E-state index in [0.717, 1.165) is 4.88 Å². The topological polar surface area (TPSA) is 101 Å². The van der Waals surface area contributed by atoms with Gasteiger partial charge in [0.1, 0.15) is 11.4 Å². The van der Waals surface area contributed by atoms with Gasteiger partial charge in [-0.3, -0.25) is 19.4 Å². The quantitative estimate of drug-likeness (QED) is 0.484. The molecule has 160 valence electrons. The second-order valence-corrected chi connectivity index (χ2v) is 8.52. The zero-order chi connectivity index (χ0) is 21.7. The highest BCUT2D eigenvalue weighted by atomic mass is 32.2. The summed E-state index contributed by atoms with van der Waals surface area (Å²) in [4.78, 5) is 40.3. The summed E-state index contributed by atoms with van der Waals surface area (Å²) in [5, 5.41) is 1.94. The Hall–Kier alpha value is -2.59. The fraction of sp³-hybridized carbons (Fsp3) is 0.400. The van der Waals surface area contributed by atoms with Crippen molar-refractivity contribution in [3.63, 3.8) is 0 Å². The predicted octanol–water partition coefficient (Wildman–Crippen LogP) is 3.06. The summed E-state index contributed by atoms with van der Waals surface area (Å²) >= 11 is 2.82. The minimum Gasteiger partial charge on any atom is -0.473 e. The van der Waals surface area contributed by atoms with E-state index in [-0.39, 0.29) is 0 Å². The molecule has 0 aliphatic carbocycles. The van der Waals surface area contributed by atoms with Gasteiger partial charge in [0, 0.05) is 32.7 Å². The second-order valence-electron chi connectivity index (χ2n) is 6.44. The molecular formula is C20H21NO7S2. The van der Waals surface area contributed by atoms with E-state index in [0.29, 0.717) is 17.2 Å². The lowest BCUT2D eigenvalue weighted by Crippen LogP contribution is -2.55. The van der Waals surface area contributed by atoms with Crippen LogP contribution in [-0.4, -0.2) is 52.4 Å². The first-order valence-electron chi connectivity index (χ1n) is 9.14. The molecule has 3 heterocycles. The Morgan fingerprint density at radius 3 is 2.30 bits per heavy atom. The molecule has 0 unspecified atom stereocenters. The molecule has 8 nitrogen and oxygen atoms in total. The zero-order valence-corrected chi connectivity index (χ0v) is 18.2. The van der Waals surface area contributed by atoms with Gasteiger partial charge in [0.2, 0.25) is 0 Å².